The van der Waals surface area contributed by atoms with E-state index >= 15 is 0 Å². The van der Waals surface area contributed by atoms with E-state index in [1.807, 2.05) is 48.2 Å². The first-order chi connectivity index (χ1) is 19.1. The quantitative estimate of drug-likeness (QED) is 0.353. The SMILES string of the molecule is Cc1cccc(/C=C/C(=O)N2CCC(C(O)CN3CCC(c4c[nH]c5ccc(NS(C)(=O)=O)cc45)CC3)CC2)c1. The van der Waals surface area contributed by atoms with Crippen LogP contribution in [0, 0.1) is 12.8 Å². The predicted molar refractivity (Wildman–Crippen MR) is 161 cm³/mol. The van der Waals surface area contributed by atoms with Gasteiger partial charge in [0.05, 0.1) is 12.4 Å². The van der Waals surface area contributed by atoms with Crippen molar-refractivity contribution in [2.75, 3.05) is 43.7 Å². The summed E-state index contributed by atoms with van der Waals surface area (Å²) >= 11 is 0. The number of sulfonamides is 1. The minimum atomic E-state index is -3.33. The molecule has 2 fully saturated rings. The fraction of sp³-hybridized carbons (Fsp3) is 0.452. The number of fused-ring (bicyclic) bond motifs is 1. The normalized spacial score (nSPS) is 18.9. The molecule has 5 rings (SSSR count). The van der Waals surface area contributed by atoms with Crippen molar-refractivity contribution in [3.63, 3.8) is 0 Å². The molecule has 0 saturated carbocycles. The number of carbonyl (C=O) groups excluding carboxylic acids is 1. The van der Waals surface area contributed by atoms with E-state index in [4.69, 9.17) is 0 Å². The summed E-state index contributed by atoms with van der Waals surface area (Å²) in [7, 11) is -3.33. The van der Waals surface area contributed by atoms with E-state index in [2.05, 4.69) is 26.9 Å². The summed E-state index contributed by atoms with van der Waals surface area (Å²) in [5.41, 5.74) is 5.00. The zero-order valence-electron chi connectivity index (χ0n) is 23.3. The number of aromatic nitrogens is 1. The van der Waals surface area contributed by atoms with Crippen molar-refractivity contribution in [2.24, 2.45) is 5.92 Å². The van der Waals surface area contributed by atoms with Gasteiger partial charge in [-0.05, 0) is 92.9 Å². The molecule has 1 amide bonds. The molecule has 1 atom stereocenters. The van der Waals surface area contributed by atoms with Crippen LogP contribution in [0.25, 0.3) is 17.0 Å². The minimum absolute atomic E-state index is 0.0352. The Morgan fingerprint density at radius 2 is 1.85 bits per heavy atom. The molecule has 214 valence electrons. The Labute approximate surface area is 237 Å². The second-order valence-corrected chi connectivity index (χ2v) is 13.2. The van der Waals surface area contributed by atoms with Crippen molar-refractivity contribution in [1.82, 2.24) is 14.8 Å². The van der Waals surface area contributed by atoms with Gasteiger partial charge in [0.15, 0.2) is 0 Å². The maximum absolute atomic E-state index is 12.7. The smallest absolute Gasteiger partial charge is 0.246 e. The van der Waals surface area contributed by atoms with Gasteiger partial charge in [-0.25, -0.2) is 8.42 Å². The Bertz CT molecular complexity index is 1470. The molecule has 0 spiro atoms. The third kappa shape index (κ3) is 7.13. The number of hydrogen-bond acceptors (Lipinski definition) is 5. The van der Waals surface area contributed by atoms with E-state index in [1.165, 1.54) is 11.1 Å². The highest BCUT2D eigenvalue weighted by molar-refractivity contribution is 7.92. The lowest BCUT2D eigenvalue weighted by Gasteiger charge is -2.37. The molecule has 2 aliphatic rings. The summed E-state index contributed by atoms with van der Waals surface area (Å²) in [5.74, 6) is 0.627. The molecular formula is C31H40N4O4S. The van der Waals surface area contributed by atoms with Crippen LogP contribution in [-0.4, -0.2) is 79.3 Å². The van der Waals surface area contributed by atoms with Gasteiger partial charge in [0, 0.05) is 48.5 Å². The number of anilines is 1. The first-order valence-electron chi connectivity index (χ1n) is 14.2. The van der Waals surface area contributed by atoms with Crippen LogP contribution in [0.1, 0.15) is 48.3 Å². The van der Waals surface area contributed by atoms with E-state index in [9.17, 15) is 18.3 Å². The fourth-order valence-corrected chi connectivity index (χ4v) is 6.70. The number of H-pyrrole nitrogens is 1. The first-order valence-corrected chi connectivity index (χ1v) is 16.1. The predicted octanol–water partition coefficient (Wildman–Crippen LogP) is 4.34. The number of nitrogens with zero attached hydrogens (tertiary/aromatic N) is 2. The van der Waals surface area contributed by atoms with E-state index in [-0.39, 0.29) is 11.8 Å². The maximum atomic E-state index is 12.7. The van der Waals surface area contributed by atoms with Crippen LogP contribution < -0.4 is 4.72 Å². The number of piperidine rings is 2. The van der Waals surface area contributed by atoms with Crippen molar-refractivity contribution >= 4 is 38.6 Å². The zero-order valence-corrected chi connectivity index (χ0v) is 24.2. The fourth-order valence-electron chi connectivity index (χ4n) is 6.15. The third-order valence-corrected chi connectivity index (χ3v) is 8.95. The van der Waals surface area contributed by atoms with Gasteiger partial charge in [0.1, 0.15) is 0 Å². The molecule has 1 aromatic heterocycles. The molecule has 3 heterocycles. The Morgan fingerprint density at radius 1 is 1.10 bits per heavy atom. The number of likely N-dealkylation sites (tertiary alicyclic amines) is 2. The molecule has 40 heavy (non-hydrogen) atoms. The number of rotatable bonds is 8. The largest absolute Gasteiger partial charge is 0.392 e. The molecule has 8 nitrogen and oxygen atoms in total. The average Bonchev–Trinajstić information content (AvgIpc) is 3.34. The lowest BCUT2D eigenvalue weighted by Crippen LogP contribution is -2.45. The number of β-amino-alcohol motifs (C(OH)–C–C–N with tert-alkyl or cyclic N) is 1. The summed E-state index contributed by atoms with van der Waals surface area (Å²) in [5, 5.41) is 12.1. The van der Waals surface area contributed by atoms with Crippen LogP contribution >= 0.6 is 0 Å². The molecule has 3 N–H and O–H groups in total. The Morgan fingerprint density at radius 3 is 2.55 bits per heavy atom. The van der Waals surface area contributed by atoms with Gasteiger partial charge in [-0.1, -0.05) is 29.8 Å². The average molecular weight is 565 g/mol. The summed E-state index contributed by atoms with van der Waals surface area (Å²) in [6, 6.07) is 13.7. The van der Waals surface area contributed by atoms with Gasteiger partial charge in [0.25, 0.3) is 0 Å². The number of nitrogens with one attached hydrogen (secondary N) is 2. The Kier molecular flexibility index (Phi) is 8.63. The van der Waals surface area contributed by atoms with Crippen LogP contribution in [0.3, 0.4) is 0 Å². The second-order valence-electron chi connectivity index (χ2n) is 11.4. The number of aromatic amines is 1. The van der Waals surface area contributed by atoms with Crippen molar-refractivity contribution in [3.8, 4) is 0 Å². The number of aliphatic hydroxyl groups is 1. The van der Waals surface area contributed by atoms with Crippen LogP contribution in [0.5, 0.6) is 0 Å². The lowest BCUT2D eigenvalue weighted by atomic mass is 9.87. The van der Waals surface area contributed by atoms with Gasteiger partial charge >= 0.3 is 0 Å². The number of carbonyl (C=O) groups is 1. The summed E-state index contributed by atoms with van der Waals surface area (Å²) in [6.45, 7) is 5.89. The highest BCUT2D eigenvalue weighted by Crippen LogP contribution is 2.35. The summed E-state index contributed by atoms with van der Waals surface area (Å²) < 4.78 is 25.9. The molecule has 2 aromatic carbocycles. The molecular weight excluding hydrogens is 524 g/mol. The highest BCUT2D eigenvalue weighted by Gasteiger charge is 2.30. The van der Waals surface area contributed by atoms with Crippen molar-refractivity contribution in [3.05, 3.63) is 71.4 Å². The number of aliphatic hydroxyl groups excluding tert-OH is 1. The van der Waals surface area contributed by atoms with Crippen molar-refractivity contribution in [2.45, 2.75) is 44.6 Å². The van der Waals surface area contributed by atoms with Gasteiger partial charge in [-0.2, -0.15) is 0 Å². The number of amides is 1. The summed E-state index contributed by atoms with van der Waals surface area (Å²) in [4.78, 5) is 20.2. The lowest BCUT2D eigenvalue weighted by molar-refractivity contribution is -0.128. The molecule has 3 aromatic rings. The Hall–Kier alpha value is -3.14. The minimum Gasteiger partial charge on any atom is -0.392 e. The van der Waals surface area contributed by atoms with E-state index < -0.39 is 16.1 Å². The van der Waals surface area contributed by atoms with Gasteiger partial charge in [-0.3, -0.25) is 9.52 Å². The number of benzene rings is 2. The van der Waals surface area contributed by atoms with Gasteiger partial charge in [-0.15, -0.1) is 0 Å². The topological polar surface area (TPSA) is 106 Å². The number of hydrogen-bond donors (Lipinski definition) is 3. The van der Waals surface area contributed by atoms with Gasteiger partial charge in [0.2, 0.25) is 15.9 Å². The van der Waals surface area contributed by atoms with Gasteiger partial charge < -0.3 is 19.9 Å². The molecule has 2 aliphatic heterocycles. The zero-order chi connectivity index (χ0) is 28.3. The summed E-state index contributed by atoms with van der Waals surface area (Å²) in [6.07, 6.45) is 9.97. The van der Waals surface area contributed by atoms with Crippen molar-refractivity contribution in [1.29, 1.82) is 0 Å². The first kappa shape index (κ1) is 28.4. The van der Waals surface area contributed by atoms with E-state index in [0.29, 0.717) is 31.2 Å². The third-order valence-electron chi connectivity index (χ3n) is 8.35. The molecule has 9 heteroatoms. The van der Waals surface area contributed by atoms with E-state index in [0.717, 1.165) is 61.5 Å². The molecule has 0 aliphatic carbocycles. The number of aryl methyl sites for hydroxylation is 1. The molecule has 0 bridgehead atoms. The van der Waals surface area contributed by atoms with E-state index in [1.54, 1.807) is 12.1 Å². The Balaban J connectivity index is 1.09. The van der Waals surface area contributed by atoms with Crippen LogP contribution in [-0.2, 0) is 14.8 Å². The standard InChI is InChI=1S/C31H40N4O4S/c1-22-4-3-5-23(18-22)6-9-31(37)35-16-12-25(13-17-35)30(36)21-34-14-10-24(11-15-34)28-20-32-29-8-7-26(19-27(28)29)33-40(2,38)39/h3-9,18-20,24-25,30,32-33,36H,10-17,21H2,1-2H3/b9-6+. The molecule has 1 unspecified atom stereocenters. The van der Waals surface area contributed by atoms with Crippen molar-refractivity contribution < 1.29 is 18.3 Å². The second kappa shape index (κ2) is 12.2. The maximum Gasteiger partial charge on any atom is 0.246 e. The molecule has 2 saturated heterocycles. The van der Waals surface area contributed by atoms with Crippen LogP contribution in [0.2, 0.25) is 0 Å². The highest BCUT2D eigenvalue weighted by atomic mass is 32.2. The van der Waals surface area contributed by atoms with Crippen LogP contribution in [0.4, 0.5) is 5.69 Å². The monoisotopic (exact) mass is 564 g/mol. The molecule has 0 radical (unpaired) electrons. The van der Waals surface area contributed by atoms with Crippen LogP contribution in [0.15, 0.2) is 54.7 Å².